The summed E-state index contributed by atoms with van der Waals surface area (Å²) >= 11 is 0. The van der Waals surface area contributed by atoms with Crippen LogP contribution in [0.4, 0.5) is 22.0 Å². The van der Waals surface area contributed by atoms with Crippen LogP contribution in [-0.2, 0) is 5.92 Å². The Morgan fingerprint density at radius 2 is 1.38 bits per heavy atom. The van der Waals surface area contributed by atoms with E-state index in [1.165, 1.54) is 0 Å². The monoisotopic (exact) mass is 473 g/mol. The molecule has 34 heavy (non-hydrogen) atoms. The number of aromatic nitrogens is 1. The number of carbonyl (C=O) groups is 1. The fourth-order valence-corrected chi connectivity index (χ4v) is 3.53. The minimum atomic E-state index is -5.82. The van der Waals surface area contributed by atoms with Crippen molar-refractivity contribution in [2.75, 3.05) is 7.11 Å². The summed E-state index contributed by atoms with van der Waals surface area (Å²) in [6.45, 7) is 0. The van der Waals surface area contributed by atoms with Crippen LogP contribution >= 0.6 is 0 Å². The van der Waals surface area contributed by atoms with Crippen molar-refractivity contribution in [1.82, 2.24) is 4.98 Å². The zero-order chi connectivity index (χ0) is 24.7. The number of pyridine rings is 1. The second-order valence-electron chi connectivity index (χ2n) is 7.47. The lowest BCUT2D eigenvalue weighted by atomic mass is 9.98. The largest absolute Gasteiger partial charge is 0.497 e. The van der Waals surface area contributed by atoms with E-state index in [9.17, 15) is 31.9 Å². The standard InChI is InChI=1S/C25H16F5NO3/c1-34-18-9-6-15(7-10-18)14-2-4-16(5-3-14)22-13-20(23(32)33)19-12-17(8-11-21(19)31-22)24(26,27)25(28,29)30/h2-13H,1H3,(H,32,33). The summed E-state index contributed by atoms with van der Waals surface area (Å²) in [4.78, 5) is 16.1. The van der Waals surface area contributed by atoms with Gasteiger partial charge >= 0.3 is 18.1 Å². The van der Waals surface area contributed by atoms with Gasteiger partial charge in [0.05, 0.1) is 23.9 Å². The molecule has 0 saturated heterocycles. The van der Waals surface area contributed by atoms with E-state index in [-0.39, 0.29) is 16.6 Å². The molecular formula is C25H16F5NO3. The maximum atomic E-state index is 13.8. The molecule has 4 nitrogen and oxygen atoms in total. The van der Waals surface area contributed by atoms with Gasteiger partial charge in [0.1, 0.15) is 5.75 Å². The van der Waals surface area contributed by atoms with Gasteiger partial charge in [-0.25, -0.2) is 9.78 Å². The van der Waals surface area contributed by atoms with Crippen molar-refractivity contribution < 1.29 is 36.6 Å². The highest BCUT2D eigenvalue weighted by Crippen LogP contribution is 2.44. The smallest absolute Gasteiger partial charge is 0.458 e. The van der Waals surface area contributed by atoms with Crippen molar-refractivity contribution in [1.29, 1.82) is 0 Å². The van der Waals surface area contributed by atoms with E-state index in [0.717, 1.165) is 23.3 Å². The third-order valence-corrected chi connectivity index (χ3v) is 5.36. The van der Waals surface area contributed by atoms with Gasteiger partial charge in [-0.2, -0.15) is 22.0 Å². The number of aromatic carboxylic acids is 1. The van der Waals surface area contributed by atoms with E-state index in [4.69, 9.17) is 4.74 Å². The number of nitrogens with zero attached hydrogens (tertiary/aromatic N) is 1. The number of ether oxygens (including phenoxy) is 1. The molecule has 0 aliphatic heterocycles. The third-order valence-electron chi connectivity index (χ3n) is 5.36. The van der Waals surface area contributed by atoms with Crippen molar-refractivity contribution in [2.24, 2.45) is 0 Å². The molecule has 1 N–H and O–H groups in total. The Morgan fingerprint density at radius 3 is 1.91 bits per heavy atom. The Balaban J connectivity index is 1.76. The van der Waals surface area contributed by atoms with Crippen LogP contribution < -0.4 is 4.74 Å². The number of halogens is 5. The first kappa shape index (κ1) is 23.2. The Hall–Kier alpha value is -4.01. The highest BCUT2D eigenvalue weighted by Gasteiger charge is 2.58. The van der Waals surface area contributed by atoms with Gasteiger partial charge in [0.15, 0.2) is 0 Å². The maximum absolute atomic E-state index is 13.8. The highest BCUT2D eigenvalue weighted by molar-refractivity contribution is 6.04. The normalized spacial score (nSPS) is 12.1. The summed E-state index contributed by atoms with van der Waals surface area (Å²) < 4.78 is 71.0. The highest BCUT2D eigenvalue weighted by atomic mass is 19.4. The summed E-state index contributed by atoms with van der Waals surface area (Å²) in [7, 11) is 1.56. The molecule has 174 valence electrons. The van der Waals surface area contributed by atoms with Crippen LogP contribution in [0.3, 0.4) is 0 Å². The van der Waals surface area contributed by atoms with E-state index in [1.54, 1.807) is 31.4 Å². The fourth-order valence-electron chi connectivity index (χ4n) is 3.53. The first-order valence-corrected chi connectivity index (χ1v) is 9.89. The molecule has 3 aromatic carbocycles. The number of hydrogen-bond acceptors (Lipinski definition) is 3. The molecule has 1 heterocycles. The van der Waals surface area contributed by atoms with Crippen LogP contribution in [0.1, 0.15) is 15.9 Å². The Bertz CT molecular complexity index is 1360. The van der Waals surface area contributed by atoms with Crippen molar-refractivity contribution in [3.8, 4) is 28.1 Å². The van der Waals surface area contributed by atoms with E-state index in [0.29, 0.717) is 23.4 Å². The van der Waals surface area contributed by atoms with E-state index >= 15 is 0 Å². The summed E-state index contributed by atoms with van der Waals surface area (Å²) in [5.41, 5.74) is 0.781. The molecule has 0 fully saturated rings. The van der Waals surface area contributed by atoms with Crippen LogP contribution in [0.15, 0.2) is 72.8 Å². The second kappa shape index (κ2) is 8.40. The Morgan fingerprint density at radius 1 is 0.824 bits per heavy atom. The summed E-state index contributed by atoms with van der Waals surface area (Å²) in [5, 5.41) is 9.28. The van der Waals surface area contributed by atoms with Crippen LogP contribution in [0.5, 0.6) is 5.75 Å². The summed E-state index contributed by atoms with van der Waals surface area (Å²) in [5.74, 6) is -5.90. The first-order valence-electron chi connectivity index (χ1n) is 9.89. The number of rotatable bonds is 5. The summed E-state index contributed by atoms with van der Waals surface area (Å²) in [6, 6.07) is 17.6. The molecule has 4 aromatic rings. The average molecular weight is 473 g/mol. The van der Waals surface area contributed by atoms with E-state index in [2.05, 4.69) is 4.98 Å². The van der Waals surface area contributed by atoms with Gasteiger partial charge in [-0.15, -0.1) is 0 Å². The first-order chi connectivity index (χ1) is 16.0. The lowest BCUT2D eigenvalue weighted by Gasteiger charge is -2.20. The number of hydrogen-bond donors (Lipinski definition) is 1. The molecule has 0 saturated carbocycles. The molecule has 0 atom stereocenters. The van der Waals surface area contributed by atoms with Crippen LogP contribution in [0.2, 0.25) is 0 Å². The molecule has 4 rings (SSSR count). The van der Waals surface area contributed by atoms with Crippen molar-refractivity contribution >= 4 is 16.9 Å². The lowest BCUT2D eigenvalue weighted by molar-refractivity contribution is -0.289. The average Bonchev–Trinajstić information content (AvgIpc) is 2.82. The second-order valence-corrected chi connectivity index (χ2v) is 7.47. The van der Waals surface area contributed by atoms with Crippen molar-refractivity contribution in [2.45, 2.75) is 12.1 Å². The predicted octanol–water partition coefficient (Wildman–Crippen LogP) is 6.93. The van der Waals surface area contributed by atoms with Gasteiger partial charge in [0, 0.05) is 16.5 Å². The molecule has 0 unspecified atom stereocenters. The molecule has 0 amide bonds. The summed E-state index contributed by atoms with van der Waals surface area (Å²) in [6.07, 6.45) is -5.82. The zero-order valence-electron chi connectivity index (χ0n) is 17.5. The van der Waals surface area contributed by atoms with Crippen molar-refractivity contribution in [3.63, 3.8) is 0 Å². The van der Waals surface area contributed by atoms with Crippen molar-refractivity contribution in [3.05, 3.63) is 83.9 Å². The van der Waals surface area contributed by atoms with Gasteiger partial charge in [0.2, 0.25) is 0 Å². The van der Waals surface area contributed by atoms with E-state index in [1.807, 2.05) is 24.3 Å². The number of carboxylic acids is 1. The quantitative estimate of drug-likeness (QED) is 0.320. The molecule has 9 heteroatoms. The maximum Gasteiger partial charge on any atom is 0.458 e. The van der Waals surface area contributed by atoms with Crippen LogP contribution in [0, 0.1) is 0 Å². The molecule has 0 radical (unpaired) electrons. The Kier molecular flexibility index (Phi) is 5.72. The van der Waals surface area contributed by atoms with Crippen LogP contribution in [0.25, 0.3) is 33.3 Å². The zero-order valence-corrected chi connectivity index (χ0v) is 17.5. The minimum Gasteiger partial charge on any atom is -0.497 e. The van der Waals surface area contributed by atoms with Gasteiger partial charge in [-0.1, -0.05) is 42.5 Å². The topological polar surface area (TPSA) is 59.4 Å². The molecule has 0 aliphatic rings. The van der Waals surface area contributed by atoms with Gasteiger partial charge < -0.3 is 9.84 Å². The Labute approximate surface area is 190 Å². The SMILES string of the molecule is COc1ccc(-c2ccc(-c3cc(C(=O)O)c4cc(C(F)(F)C(F)(F)F)ccc4n3)cc2)cc1. The minimum absolute atomic E-state index is 0.0177. The van der Waals surface area contributed by atoms with E-state index < -0.39 is 29.2 Å². The molecule has 0 bridgehead atoms. The molecule has 1 aromatic heterocycles. The predicted molar refractivity (Wildman–Crippen MR) is 116 cm³/mol. The molecule has 0 spiro atoms. The van der Waals surface area contributed by atoms with Gasteiger partial charge in [0.25, 0.3) is 0 Å². The number of alkyl halides is 5. The van der Waals surface area contributed by atoms with Crippen LogP contribution in [-0.4, -0.2) is 29.3 Å². The number of carboxylic acid groups (broad SMARTS) is 1. The lowest BCUT2D eigenvalue weighted by Crippen LogP contribution is -2.33. The number of methoxy groups -OCH3 is 1. The molecule has 0 aliphatic carbocycles. The molecular weight excluding hydrogens is 457 g/mol. The van der Waals surface area contributed by atoms with Gasteiger partial charge in [-0.05, 0) is 41.5 Å². The third kappa shape index (κ3) is 4.16. The number of fused-ring (bicyclic) bond motifs is 1. The number of benzene rings is 3. The fraction of sp³-hybridized carbons (Fsp3) is 0.120. The van der Waals surface area contributed by atoms with Gasteiger partial charge in [-0.3, -0.25) is 0 Å².